The minimum Gasteiger partial charge on any atom is -0.454 e. The standard InChI is InChI=1S/C64H46N2O/c1-39-32-35-42(36-33-39)65(57-31-15-26-50-49-25-13-23-44(62(49)67-63(50)57)40-16-3-2-4-17-40)58-38-54-60(47-22-8-7-20-45(47)58)59-43-19-6-5-18-41(43)34-37-52(59)64(54)51-27-10-12-30-56(51)66-55-29-11-9-21-46(55)48-24-14-28-53(64)61(48)66/h5-15,18-38,40H,2-4,16-17H2,1H3. The van der Waals surface area contributed by atoms with Gasteiger partial charge >= 0.3 is 0 Å². The summed E-state index contributed by atoms with van der Waals surface area (Å²) in [5.41, 5.74) is 18.8. The van der Waals surface area contributed by atoms with E-state index in [0.717, 1.165) is 33.6 Å². The molecule has 2 aliphatic carbocycles. The third kappa shape index (κ3) is 4.91. The van der Waals surface area contributed by atoms with Crippen molar-refractivity contribution in [3.05, 3.63) is 228 Å². The van der Waals surface area contributed by atoms with Crippen LogP contribution in [0, 0.1) is 6.92 Å². The van der Waals surface area contributed by atoms with Crippen molar-refractivity contribution in [2.45, 2.75) is 50.4 Å². The number of rotatable bonds is 4. The average Bonchev–Trinajstić information content (AvgIpc) is 4.04. The molecule has 3 nitrogen and oxygen atoms in total. The fourth-order valence-corrected chi connectivity index (χ4v) is 13.2. The first-order valence-electron chi connectivity index (χ1n) is 24.2. The number of nitrogens with zero attached hydrogens (tertiary/aromatic N) is 2. The Labute approximate surface area is 389 Å². The highest BCUT2D eigenvalue weighted by atomic mass is 16.3. The number of aryl methyl sites for hydroxylation is 1. The first kappa shape index (κ1) is 37.4. The summed E-state index contributed by atoms with van der Waals surface area (Å²) in [4.78, 5) is 2.51. The molecule has 0 saturated heterocycles. The third-order valence-electron chi connectivity index (χ3n) is 16.0. The summed E-state index contributed by atoms with van der Waals surface area (Å²) in [6.07, 6.45) is 6.32. The largest absolute Gasteiger partial charge is 0.454 e. The zero-order valence-electron chi connectivity index (χ0n) is 37.4. The Morgan fingerprint density at radius 1 is 0.478 bits per heavy atom. The van der Waals surface area contributed by atoms with Gasteiger partial charge in [0.25, 0.3) is 0 Å². The number of anilines is 3. The number of hydrogen-bond donors (Lipinski definition) is 0. The van der Waals surface area contributed by atoms with Crippen LogP contribution in [0.25, 0.3) is 82.1 Å². The van der Waals surface area contributed by atoms with Crippen molar-refractivity contribution >= 4 is 82.4 Å². The van der Waals surface area contributed by atoms with E-state index in [2.05, 4.69) is 211 Å². The minimum absolute atomic E-state index is 0.519. The van der Waals surface area contributed by atoms with Crippen LogP contribution in [0.1, 0.15) is 71.4 Å². The second-order valence-electron chi connectivity index (χ2n) is 19.4. The fourth-order valence-electron chi connectivity index (χ4n) is 13.2. The molecule has 0 bridgehead atoms. The first-order valence-corrected chi connectivity index (χ1v) is 24.2. The van der Waals surface area contributed by atoms with E-state index in [0.29, 0.717) is 5.92 Å². The van der Waals surface area contributed by atoms with E-state index in [1.807, 2.05) is 0 Å². The molecule has 1 saturated carbocycles. The highest BCUT2D eigenvalue weighted by Gasteiger charge is 2.52. The van der Waals surface area contributed by atoms with Crippen LogP contribution in [0.5, 0.6) is 0 Å². The normalized spacial score (nSPS) is 16.4. The van der Waals surface area contributed by atoms with Gasteiger partial charge in [-0.25, -0.2) is 0 Å². The fraction of sp³-hybridized carbons (Fsp3) is 0.125. The second-order valence-corrected chi connectivity index (χ2v) is 19.4. The van der Waals surface area contributed by atoms with Crippen LogP contribution in [0.4, 0.5) is 17.1 Å². The van der Waals surface area contributed by atoms with Gasteiger partial charge in [0.15, 0.2) is 5.58 Å². The molecular formula is C64H46N2O. The quantitative estimate of drug-likeness (QED) is 0.176. The van der Waals surface area contributed by atoms with E-state index >= 15 is 0 Å². The number of aromatic nitrogens is 1. The number of hydrogen-bond acceptors (Lipinski definition) is 2. The Hall–Kier alpha value is -7.88. The molecule has 2 aromatic heterocycles. The molecule has 0 radical (unpaired) electrons. The second kappa shape index (κ2) is 13.8. The number of benzene rings is 10. The summed E-state index contributed by atoms with van der Waals surface area (Å²) >= 11 is 0. The predicted octanol–water partition coefficient (Wildman–Crippen LogP) is 17.5. The van der Waals surface area contributed by atoms with Crippen LogP contribution < -0.4 is 4.90 Å². The van der Waals surface area contributed by atoms with E-state index in [1.54, 1.807) is 0 Å². The summed E-state index contributed by atoms with van der Waals surface area (Å²) < 4.78 is 9.88. The van der Waals surface area contributed by atoms with Gasteiger partial charge in [0.05, 0.1) is 33.5 Å². The van der Waals surface area contributed by atoms with Crippen LogP contribution in [-0.4, -0.2) is 4.57 Å². The van der Waals surface area contributed by atoms with Gasteiger partial charge in [0, 0.05) is 32.6 Å². The lowest BCUT2D eigenvalue weighted by Gasteiger charge is -2.40. The van der Waals surface area contributed by atoms with Gasteiger partial charge in [-0.2, -0.15) is 0 Å². The highest BCUT2D eigenvalue weighted by molar-refractivity contribution is 6.19. The van der Waals surface area contributed by atoms with Gasteiger partial charge in [-0.05, 0) is 117 Å². The minimum atomic E-state index is -0.646. The molecular weight excluding hydrogens is 813 g/mol. The molecule has 3 aliphatic rings. The lowest BCUT2D eigenvalue weighted by Crippen LogP contribution is -2.33. The maximum absolute atomic E-state index is 7.34. The molecule has 318 valence electrons. The molecule has 3 heteroatoms. The Morgan fingerprint density at radius 3 is 2.00 bits per heavy atom. The van der Waals surface area contributed by atoms with Gasteiger partial charge in [-0.3, -0.25) is 0 Å². The first-order chi connectivity index (χ1) is 33.2. The van der Waals surface area contributed by atoms with Gasteiger partial charge in [-0.15, -0.1) is 0 Å². The van der Waals surface area contributed by atoms with Crippen molar-refractivity contribution in [2.75, 3.05) is 4.90 Å². The summed E-state index contributed by atoms with van der Waals surface area (Å²) in [5, 5.41) is 9.89. The zero-order valence-corrected chi connectivity index (χ0v) is 37.4. The average molecular weight is 859 g/mol. The lowest BCUT2D eigenvalue weighted by atomic mass is 9.65. The maximum Gasteiger partial charge on any atom is 0.159 e. The highest BCUT2D eigenvalue weighted by Crippen LogP contribution is 2.64. The molecule has 0 N–H and O–H groups in total. The molecule has 1 unspecified atom stereocenters. The molecule has 3 heterocycles. The molecule has 12 aromatic rings. The van der Waals surface area contributed by atoms with E-state index in [1.165, 1.54) is 131 Å². The van der Waals surface area contributed by atoms with E-state index in [4.69, 9.17) is 4.42 Å². The summed E-state index contributed by atoms with van der Waals surface area (Å²) in [7, 11) is 0. The zero-order chi connectivity index (χ0) is 44.0. The Kier molecular flexibility index (Phi) is 7.71. The maximum atomic E-state index is 7.34. The van der Waals surface area contributed by atoms with Gasteiger partial charge < -0.3 is 13.9 Å². The number of fused-ring (bicyclic) bond motifs is 19. The van der Waals surface area contributed by atoms with Crippen molar-refractivity contribution in [2.24, 2.45) is 0 Å². The van der Waals surface area contributed by atoms with Crippen LogP contribution >= 0.6 is 0 Å². The van der Waals surface area contributed by atoms with Crippen molar-refractivity contribution in [1.82, 2.24) is 4.57 Å². The predicted molar refractivity (Wildman–Crippen MR) is 279 cm³/mol. The van der Waals surface area contributed by atoms with Gasteiger partial charge in [0.2, 0.25) is 0 Å². The molecule has 1 spiro atoms. The summed E-state index contributed by atoms with van der Waals surface area (Å²) in [5.74, 6) is 0.519. The lowest BCUT2D eigenvalue weighted by molar-refractivity contribution is 0.442. The van der Waals surface area contributed by atoms with Crippen molar-refractivity contribution in [1.29, 1.82) is 0 Å². The van der Waals surface area contributed by atoms with E-state index < -0.39 is 5.41 Å². The Bertz CT molecular complexity index is 4050. The molecule has 1 fully saturated rings. The summed E-state index contributed by atoms with van der Waals surface area (Å²) in [6.45, 7) is 2.18. The monoisotopic (exact) mass is 858 g/mol. The van der Waals surface area contributed by atoms with E-state index in [-0.39, 0.29) is 0 Å². The molecule has 67 heavy (non-hydrogen) atoms. The van der Waals surface area contributed by atoms with Crippen LogP contribution in [0.2, 0.25) is 0 Å². The summed E-state index contributed by atoms with van der Waals surface area (Å²) in [6, 6.07) is 73.5. The van der Waals surface area contributed by atoms with Gasteiger partial charge in [0.1, 0.15) is 5.58 Å². The van der Waals surface area contributed by atoms with E-state index in [9.17, 15) is 0 Å². The topological polar surface area (TPSA) is 21.3 Å². The molecule has 1 atom stereocenters. The number of furan rings is 1. The Morgan fingerprint density at radius 2 is 1.13 bits per heavy atom. The molecule has 0 amide bonds. The third-order valence-corrected chi connectivity index (χ3v) is 16.0. The Balaban J connectivity index is 1.10. The van der Waals surface area contributed by atoms with Crippen LogP contribution in [0.15, 0.2) is 199 Å². The SMILES string of the molecule is Cc1ccc(N(c2cc3c(c4ccccc24)-c2c(ccc4ccccc24)C32c3ccccc3-n3c4ccccc4c4cccc2c43)c2cccc3c2oc2c(C4CCCCC4)cccc23)cc1. The van der Waals surface area contributed by atoms with Crippen LogP contribution in [-0.2, 0) is 5.41 Å². The molecule has 10 aromatic carbocycles. The van der Waals surface area contributed by atoms with Crippen molar-refractivity contribution in [3.8, 4) is 16.8 Å². The smallest absolute Gasteiger partial charge is 0.159 e. The number of para-hydroxylation sites is 5. The molecule has 15 rings (SSSR count). The van der Waals surface area contributed by atoms with Crippen molar-refractivity contribution in [3.63, 3.8) is 0 Å². The van der Waals surface area contributed by atoms with Crippen LogP contribution in [0.3, 0.4) is 0 Å². The van der Waals surface area contributed by atoms with Gasteiger partial charge in [-0.1, -0.05) is 183 Å². The molecule has 1 aliphatic heterocycles. The van der Waals surface area contributed by atoms with Crippen molar-refractivity contribution < 1.29 is 4.42 Å².